The number of carbonyl (C=O) groups is 2. The smallest absolute Gasteiger partial charge is 0.254 e. The molecule has 1 aromatic heterocycles. The summed E-state index contributed by atoms with van der Waals surface area (Å²) in [5.41, 5.74) is 3.42. The molecule has 26 heavy (non-hydrogen) atoms. The van der Waals surface area contributed by atoms with Crippen molar-refractivity contribution < 1.29 is 9.59 Å². The van der Waals surface area contributed by atoms with Crippen molar-refractivity contribution in [3.8, 4) is 0 Å². The largest absolute Gasteiger partial charge is 0.345 e. The van der Waals surface area contributed by atoms with Crippen molar-refractivity contribution in [3.63, 3.8) is 0 Å². The molecule has 5 nitrogen and oxygen atoms in total. The quantitative estimate of drug-likeness (QED) is 0.476. The fourth-order valence-corrected chi connectivity index (χ4v) is 5.78. The van der Waals surface area contributed by atoms with Crippen molar-refractivity contribution in [2.45, 2.75) is 52.0 Å². The Morgan fingerprint density at radius 1 is 1.04 bits per heavy atom. The van der Waals surface area contributed by atoms with E-state index in [4.69, 9.17) is 0 Å². The normalized spacial score (nSPS) is 33.4. The Labute approximate surface area is 153 Å². The number of aryl methyl sites for hydroxylation is 1. The number of aromatic nitrogens is 1. The second-order valence-electron chi connectivity index (χ2n) is 8.37. The lowest BCUT2D eigenvalue weighted by molar-refractivity contribution is -0.140. The highest BCUT2D eigenvalue weighted by Gasteiger charge is 2.59. The minimum atomic E-state index is -0.180. The molecule has 5 heteroatoms. The number of fused-ring (bicyclic) bond motifs is 5. The van der Waals surface area contributed by atoms with Gasteiger partial charge >= 0.3 is 0 Å². The molecule has 4 atom stereocenters. The number of carbonyl (C=O) groups excluding carboxylic acids is 2. The monoisotopic (exact) mass is 351 g/mol. The van der Waals surface area contributed by atoms with Gasteiger partial charge in [0, 0.05) is 23.0 Å². The second-order valence-corrected chi connectivity index (χ2v) is 8.37. The number of hydrazone groups is 1. The topological polar surface area (TPSA) is 54.7 Å². The maximum Gasteiger partial charge on any atom is 0.254 e. The van der Waals surface area contributed by atoms with Crippen LogP contribution in [0.15, 0.2) is 23.3 Å². The molecule has 2 saturated carbocycles. The molecule has 0 N–H and O–H groups in total. The molecule has 136 valence electrons. The molecule has 2 bridgehead atoms. The summed E-state index contributed by atoms with van der Waals surface area (Å²) in [6.07, 6.45) is 11.9. The molecule has 1 saturated heterocycles. The Morgan fingerprint density at radius 3 is 2.27 bits per heavy atom. The molecule has 2 amide bonds. The molecule has 1 aliphatic heterocycles. The fraction of sp³-hybridized carbons (Fsp3) is 0.571. The van der Waals surface area contributed by atoms with E-state index in [1.54, 1.807) is 6.21 Å². The average Bonchev–Trinajstić information content (AvgIpc) is 3.40. The van der Waals surface area contributed by atoms with E-state index < -0.39 is 0 Å². The van der Waals surface area contributed by atoms with E-state index in [0.717, 1.165) is 17.0 Å². The fourth-order valence-electron chi connectivity index (χ4n) is 5.78. The highest BCUT2D eigenvalue weighted by Crippen LogP contribution is 2.52. The van der Waals surface area contributed by atoms with Crippen LogP contribution < -0.4 is 0 Å². The number of amides is 2. The van der Waals surface area contributed by atoms with Crippen LogP contribution in [0.4, 0.5) is 0 Å². The summed E-state index contributed by atoms with van der Waals surface area (Å²) in [7, 11) is 0. The summed E-state index contributed by atoms with van der Waals surface area (Å²) in [6.45, 7) is 4.24. The van der Waals surface area contributed by atoms with E-state index in [-0.39, 0.29) is 35.5 Å². The van der Waals surface area contributed by atoms with E-state index in [1.165, 1.54) is 37.1 Å². The first-order chi connectivity index (χ1) is 12.6. The molecule has 3 aliphatic carbocycles. The van der Waals surface area contributed by atoms with E-state index >= 15 is 0 Å². The Kier molecular flexibility index (Phi) is 3.49. The maximum absolute atomic E-state index is 12.7. The number of hydrogen-bond donors (Lipinski definition) is 0. The number of hydrogen-bond acceptors (Lipinski definition) is 3. The number of nitrogens with zero attached hydrogens (tertiary/aromatic N) is 3. The van der Waals surface area contributed by atoms with E-state index in [2.05, 4.69) is 41.7 Å². The van der Waals surface area contributed by atoms with Crippen LogP contribution in [0.2, 0.25) is 0 Å². The van der Waals surface area contributed by atoms with Crippen LogP contribution in [0, 0.1) is 37.5 Å². The molecule has 5 rings (SSSR count). The predicted octanol–water partition coefficient (Wildman–Crippen LogP) is 3.36. The molecule has 4 unspecified atom stereocenters. The van der Waals surface area contributed by atoms with Crippen molar-refractivity contribution in [1.29, 1.82) is 0 Å². The Bertz CT molecular complexity index is 814. The van der Waals surface area contributed by atoms with Gasteiger partial charge in [-0.1, -0.05) is 25.0 Å². The number of allylic oxidation sites excluding steroid dienone is 2. The molecule has 2 heterocycles. The molecule has 3 fully saturated rings. The van der Waals surface area contributed by atoms with Crippen LogP contribution in [0.1, 0.15) is 55.1 Å². The first kappa shape index (κ1) is 16.0. The maximum atomic E-state index is 12.7. The summed E-state index contributed by atoms with van der Waals surface area (Å²) in [5.74, 6) is -0.125. The highest BCUT2D eigenvalue weighted by atomic mass is 16.2. The zero-order chi connectivity index (χ0) is 18.0. The van der Waals surface area contributed by atoms with Crippen LogP contribution in [-0.4, -0.2) is 27.6 Å². The first-order valence-corrected chi connectivity index (χ1v) is 9.85. The van der Waals surface area contributed by atoms with E-state index in [0.29, 0.717) is 6.04 Å². The molecular weight excluding hydrogens is 326 g/mol. The van der Waals surface area contributed by atoms with Crippen LogP contribution in [0.5, 0.6) is 0 Å². The van der Waals surface area contributed by atoms with Crippen LogP contribution in [0.25, 0.3) is 0 Å². The highest BCUT2D eigenvalue weighted by molar-refractivity contribution is 6.06. The summed E-state index contributed by atoms with van der Waals surface area (Å²) >= 11 is 0. The van der Waals surface area contributed by atoms with Gasteiger partial charge < -0.3 is 4.57 Å². The van der Waals surface area contributed by atoms with Crippen molar-refractivity contribution in [2.75, 3.05) is 0 Å². The Balaban J connectivity index is 1.40. The SMILES string of the molecule is Cc1cc(C=NN2C(=O)C3C4C=CC(C4)C3C2=O)c(C)n1C1CCCC1. The minimum Gasteiger partial charge on any atom is -0.345 e. The van der Waals surface area contributed by atoms with Gasteiger partial charge in [-0.05, 0) is 51.0 Å². The van der Waals surface area contributed by atoms with E-state index in [1.807, 2.05) is 0 Å². The summed E-state index contributed by atoms with van der Waals surface area (Å²) in [6, 6.07) is 2.70. The van der Waals surface area contributed by atoms with Crippen molar-refractivity contribution in [1.82, 2.24) is 9.58 Å². The zero-order valence-electron chi connectivity index (χ0n) is 15.4. The average molecular weight is 351 g/mol. The van der Waals surface area contributed by atoms with Gasteiger partial charge in [-0.2, -0.15) is 10.1 Å². The summed E-state index contributed by atoms with van der Waals surface area (Å²) < 4.78 is 2.40. The van der Waals surface area contributed by atoms with Gasteiger partial charge in [-0.25, -0.2) is 0 Å². The Morgan fingerprint density at radius 2 is 1.65 bits per heavy atom. The molecule has 0 spiro atoms. The van der Waals surface area contributed by atoms with Gasteiger partial charge in [0.25, 0.3) is 11.8 Å². The van der Waals surface area contributed by atoms with Crippen molar-refractivity contribution in [2.24, 2.45) is 28.8 Å². The third-order valence-corrected chi connectivity index (χ3v) is 6.97. The molecule has 1 aromatic rings. The predicted molar refractivity (Wildman–Crippen MR) is 98.6 cm³/mol. The molecular formula is C21H25N3O2. The number of imide groups is 1. The summed E-state index contributed by atoms with van der Waals surface area (Å²) in [4.78, 5) is 25.5. The lowest BCUT2D eigenvalue weighted by atomic mass is 9.85. The lowest BCUT2D eigenvalue weighted by Crippen LogP contribution is -2.28. The van der Waals surface area contributed by atoms with Gasteiger partial charge in [0.2, 0.25) is 0 Å². The van der Waals surface area contributed by atoms with Gasteiger partial charge in [0.1, 0.15) is 0 Å². The number of rotatable bonds is 3. The molecule has 0 aromatic carbocycles. The molecule has 0 radical (unpaired) electrons. The standard InChI is InChI=1S/C21H25N3O2/c1-12-9-16(13(2)23(12)17-5-3-4-6-17)11-22-24-20(25)18-14-7-8-15(10-14)19(18)21(24)26/h7-9,11,14-15,17-19H,3-6,10H2,1-2H3. The third kappa shape index (κ3) is 2.12. The van der Waals surface area contributed by atoms with Crippen molar-refractivity contribution in [3.05, 3.63) is 35.2 Å². The van der Waals surface area contributed by atoms with Crippen LogP contribution >= 0.6 is 0 Å². The van der Waals surface area contributed by atoms with Crippen LogP contribution in [-0.2, 0) is 9.59 Å². The van der Waals surface area contributed by atoms with E-state index in [9.17, 15) is 9.59 Å². The second kappa shape index (κ2) is 5.66. The minimum absolute atomic E-state index is 0.113. The first-order valence-electron chi connectivity index (χ1n) is 9.85. The van der Waals surface area contributed by atoms with Crippen LogP contribution in [0.3, 0.4) is 0 Å². The van der Waals surface area contributed by atoms with Gasteiger partial charge in [-0.15, -0.1) is 0 Å². The summed E-state index contributed by atoms with van der Waals surface area (Å²) in [5, 5.41) is 5.49. The third-order valence-electron chi connectivity index (χ3n) is 6.97. The van der Waals surface area contributed by atoms with Crippen molar-refractivity contribution >= 4 is 18.0 Å². The van der Waals surface area contributed by atoms with Gasteiger partial charge in [0.15, 0.2) is 0 Å². The van der Waals surface area contributed by atoms with Gasteiger partial charge in [0.05, 0.1) is 18.1 Å². The Hall–Kier alpha value is -2.17. The molecule has 4 aliphatic rings. The van der Waals surface area contributed by atoms with Gasteiger partial charge in [-0.3, -0.25) is 9.59 Å². The zero-order valence-corrected chi connectivity index (χ0v) is 15.4. The lowest BCUT2D eigenvalue weighted by Gasteiger charge is -2.17.